The lowest BCUT2D eigenvalue weighted by Gasteiger charge is -2.14. The third-order valence-corrected chi connectivity index (χ3v) is 2.55. The van der Waals surface area contributed by atoms with E-state index in [1.165, 1.54) is 5.56 Å². The molecule has 1 rings (SSSR count). The zero-order valence-corrected chi connectivity index (χ0v) is 14.2. The molecule has 5 heteroatoms. The number of nitrogens with zero attached hydrogens (tertiary/aromatic N) is 1. The Hall–Kier alpha value is -0.300. The largest absolute Gasteiger partial charge is 0.354 e. The van der Waals surface area contributed by atoms with Crippen molar-refractivity contribution in [1.82, 2.24) is 10.6 Å². The first-order valence-corrected chi connectivity index (χ1v) is 6.12. The van der Waals surface area contributed by atoms with Gasteiger partial charge in [0.15, 0.2) is 5.96 Å². The lowest BCUT2D eigenvalue weighted by Crippen LogP contribution is -2.40. The van der Waals surface area contributed by atoms with Crippen LogP contribution in [-0.4, -0.2) is 19.0 Å². The van der Waals surface area contributed by atoms with E-state index in [2.05, 4.69) is 57.5 Å². The maximum absolute atomic E-state index is 4.15. The molecule has 0 amide bonds. The van der Waals surface area contributed by atoms with Crippen molar-refractivity contribution < 1.29 is 0 Å². The van der Waals surface area contributed by atoms with Crippen LogP contribution in [0.4, 0.5) is 0 Å². The number of hydrogen-bond acceptors (Lipinski definition) is 1. The summed E-state index contributed by atoms with van der Waals surface area (Å²) >= 11 is 3.42. The van der Waals surface area contributed by atoms with Gasteiger partial charge in [0.05, 0.1) is 0 Å². The summed E-state index contributed by atoms with van der Waals surface area (Å²) in [5.41, 5.74) is 1.23. The summed E-state index contributed by atoms with van der Waals surface area (Å²) in [6, 6.07) is 8.63. The molecule has 0 saturated heterocycles. The highest BCUT2D eigenvalue weighted by Gasteiger charge is 1.99. The maximum atomic E-state index is 4.15. The quantitative estimate of drug-likeness (QED) is 0.455. The lowest BCUT2D eigenvalue weighted by molar-refractivity contribution is 0.699. The smallest absolute Gasteiger partial charge is 0.191 e. The maximum Gasteiger partial charge on any atom is 0.191 e. The average molecular weight is 412 g/mol. The average Bonchev–Trinajstić information content (AvgIpc) is 2.26. The van der Waals surface area contributed by atoms with Crippen molar-refractivity contribution in [2.75, 3.05) is 7.05 Å². The van der Waals surface area contributed by atoms with Crippen molar-refractivity contribution in [3.63, 3.8) is 0 Å². The van der Waals surface area contributed by atoms with Crippen LogP contribution in [0, 0.1) is 0 Å². The molecule has 96 valence electrons. The summed E-state index contributed by atoms with van der Waals surface area (Å²) < 4.78 is 1.10. The first-order valence-electron chi connectivity index (χ1n) is 5.33. The highest BCUT2D eigenvalue weighted by atomic mass is 127. The second-order valence-corrected chi connectivity index (χ2v) is 4.77. The number of guanidine groups is 1. The van der Waals surface area contributed by atoms with Gasteiger partial charge in [0.1, 0.15) is 0 Å². The third kappa shape index (κ3) is 6.88. The summed E-state index contributed by atoms with van der Waals surface area (Å²) in [4.78, 5) is 4.15. The van der Waals surface area contributed by atoms with Gasteiger partial charge < -0.3 is 10.6 Å². The predicted molar refractivity (Wildman–Crippen MR) is 88.0 cm³/mol. The van der Waals surface area contributed by atoms with E-state index in [0.29, 0.717) is 6.04 Å². The molecular weight excluding hydrogens is 393 g/mol. The molecule has 1 aromatic rings. The fourth-order valence-electron chi connectivity index (χ4n) is 1.26. The molecule has 0 aliphatic heterocycles. The first-order chi connectivity index (χ1) is 7.61. The van der Waals surface area contributed by atoms with Crippen LogP contribution < -0.4 is 10.6 Å². The van der Waals surface area contributed by atoms with E-state index in [-0.39, 0.29) is 24.0 Å². The SMILES string of the molecule is CN=C(NCc1ccc(Br)cc1)NC(C)C.I. The number of nitrogens with one attached hydrogen (secondary N) is 2. The van der Waals surface area contributed by atoms with Gasteiger partial charge in [-0.1, -0.05) is 28.1 Å². The molecule has 1 aromatic carbocycles. The Labute approximate surface area is 129 Å². The minimum Gasteiger partial charge on any atom is -0.354 e. The predicted octanol–water partition coefficient (Wildman–Crippen LogP) is 3.14. The van der Waals surface area contributed by atoms with Crippen LogP contribution in [0.15, 0.2) is 33.7 Å². The summed E-state index contributed by atoms with van der Waals surface area (Å²) in [6.45, 7) is 4.96. The van der Waals surface area contributed by atoms with Crippen molar-refractivity contribution in [2.45, 2.75) is 26.4 Å². The fraction of sp³-hybridized carbons (Fsp3) is 0.417. The van der Waals surface area contributed by atoms with E-state index in [9.17, 15) is 0 Å². The molecule has 17 heavy (non-hydrogen) atoms. The van der Waals surface area contributed by atoms with Crippen LogP contribution in [0.3, 0.4) is 0 Å². The second-order valence-electron chi connectivity index (χ2n) is 3.85. The Kier molecular flexibility index (Phi) is 8.59. The van der Waals surface area contributed by atoms with Crippen molar-refractivity contribution in [3.05, 3.63) is 34.3 Å². The van der Waals surface area contributed by atoms with E-state index >= 15 is 0 Å². The molecule has 0 heterocycles. The fourth-order valence-corrected chi connectivity index (χ4v) is 1.52. The number of benzene rings is 1. The van der Waals surface area contributed by atoms with Crippen LogP contribution in [0.2, 0.25) is 0 Å². The highest BCUT2D eigenvalue weighted by Crippen LogP contribution is 2.10. The molecule has 0 bridgehead atoms. The molecule has 0 spiro atoms. The molecule has 0 fully saturated rings. The van der Waals surface area contributed by atoms with Gasteiger partial charge in [0.25, 0.3) is 0 Å². The molecule has 0 radical (unpaired) electrons. The topological polar surface area (TPSA) is 36.4 Å². The third-order valence-electron chi connectivity index (χ3n) is 2.02. The Morgan fingerprint density at radius 3 is 2.35 bits per heavy atom. The zero-order valence-electron chi connectivity index (χ0n) is 10.3. The van der Waals surface area contributed by atoms with Crippen molar-refractivity contribution in [2.24, 2.45) is 4.99 Å². The summed E-state index contributed by atoms with van der Waals surface area (Å²) in [5.74, 6) is 0.831. The monoisotopic (exact) mass is 411 g/mol. The summed E-state index contributed by atoms with van der Waals surface area (Å²) in [7, 11) is 1.78. The number of aliphatic imine (C=N–C) groups is 1. The van der Waals surface area contributed by atoms with Crippen molar-refractivity contribution in [3.8, 4) is 0 Å². The number of rotatable bonds is 3. The summed E-state index contributed by atoms with van der Waals surface area (Å²) in [5, 5.41) is 6.50. The van der Waals surface area contributed by atoms with Gasteiger partial charge in [-0.15, -0.1) is 24.0 Å². The van der Waals surface area contributed by atoms with Gasteiger partial charge in [0, 0.05) is 24.1 Å². The Morgan fingerprint density at radius 2 is 1.88 bits per heavy atom. The molecule has 0 aromatic heterocycles. The first kappa shape index (κ1) is 16.7. The van der Waals surface area contributed by atoms with Gasteiger partial charge in [-0.2, -0.15) is 0 Å². The lowest BCUT2D eigenvalue weighted by atomic mass is 10.2. The van der Waals surface area contributed by atoms with Crippen molar-refractivity contribution >= 4 is 45.9 Å². The molecule has 3 nitrogen and oxygen atoms in total. The van der Waals surface area contributed by atoms with Crippen LogP contribution in [-0.2, 0) is 6.54 Å². The van der Waals surface area contributed by atoms with Crippen molar-refractivity contribution in [1.29, 1.82) is 0 Å². The van der Waals surface area contributed by atoms with E-state index in [1.807, 2.05) is 12.1 Å². The molecule has 0 atom stereocenters. The minimum atomic E-state index is 0. The van der Waals surface area contributed by atoms with E-state index in [0.717, 1.165) is 17.0 Å². The molecule has 0 aliphatic carbocycles. The zero-order chi connectivity index (χ0) is 12.0. The van der Waals surface area contributed by atoms with E-state index in [4.69, 9.17) is 0 Å². The van der Waals surface area contributed by atoms with Crippen LogP contribution in [0.5, 0.6) is 0 Å². The standard InChI is InChI=1S/C12H18BrN3.HI/c1-9(2)16-12(14-3)15-8-10-4-6-11(13)7-5-10;/h4-7,9H,8H2,1-3H3,(H2,14,15,16);1H. The Bertz CT molecular complexity index is 349. The number of hydrogen-bond donors (Lipinski definition) is 2. The van der Waals surface area contributed by atoms with Crippen LogP contribution in [0.25, 0.3) is 0 Å². The molecule has 0 aliphatic rings. The Morgan fingerprint density at radius 1 is 1.29 bits per heavy atom. The van der Waals surface area contributed by atoms with E-state index < -0.39 is 0 Å². The Balaban J connectivity index is 0.00000256. The normalized spacial score (nSPS) is 11.0. The summed E-state index contributed by atoms with van der Waals surface area (Å²) in [6.07, 6.45) is 0. The van der Waals surface area contributed by atoms with Crippen LogP contribution >= 0.6 is 39.9 Å². The highest BCUT2D eigenvalue weighted by molar-refractivity contribution is 14.0. The van der Waals surface area contributed by atoms with Gasteiger partial charge in [-0.3, -0.25) is 4.99 Å². The second kappa shape index (κ2) is 8.74. The van der Waals surface area contributed by atoms with Gasteiger partial charge in [-0.05, 0) is 31.5 Å². The van der Waals surface area contributed by atoms with Gasteiger partial charge in [-0.25, -0.2) is 0 Å². The molecule has 0 unspecified atom stereocenters. The van der Waals surface area contributed by atoms with Gasteiger partial charge >= 0.3 is 0 Å². The molecule has 2 N–H and O–H groups in total. The molecular formula is C12H19BrIN3. The molecule has 0 saturated carbocycles. The minimum absolute atomic E-state index is 0. The number of halogens is 2. The van der Waals surface area contributed by atoms with E-state index in [1.54, 1.807) is 7.05 Å². The van der Waals surface area contributed by atoms with Crippen LogP contribution in [0.1, 0.15) is 19.4 Å². The van der Waals surface area contributed by atoms with Gasteiger partial charge in [0.2, 0.25) is 0 Å².